The minimum atomic E-state index is -0.0648. The van der Waals surface area contributed by atoms with Crippen molar-refractivity contribution in [2.45, 2.75) is 0 Å². The second-order valence-electron chi connectivity index (χ2n) is 5.01. The third-order valence-corrected chi connectivity index (χ3v) is 3.54. The summed E-state index contributed by atoms with van der Waals surface area (Å²) < 4.78 is 20.6. The smallest absolute Gasteiger partial charge is 0.135 e. The first-order valence-electron chi connectivity index (χ1n) is 7.50. The molecule has 0 aliphatic heterocycles. The van der Waals surface area contributed by atoms with Crippen LogP contribution in [-0.4, -0.2) is 51.1 Å². The maximum Gasteiger partial charge on any atom is 0.135 e. The molecule has 0 saturated carbocycles. The summed E-state index contributed by atoms with van der Waals surface area (Å²) in [7, 11) is 5.91. The zero-order valence-electron chi connectivity index (χ0n) is 14.9. The standard InChI is InChI=1S/C18H20N2O6/c1-23-11-5-15(21)13(17(7-11)25-3)9-19-20-10-14-16(22)6-12(24-2)8-18(14)26-4/h5-10,21-22H,1-4H3/b19-9+,20-10+. The monoisotopic (exact) mass is 360 g/mol. The Morgan fingerprint density at radius 3 is 1.35 bits per heavy atom. The molecule has 0 aromatic heterocycles. The molecule has 2 N–H and O–H groups in total. The van der Waals surface area contributed by atoms with Gasteiger partial charge < -0.3 is 29.2 Å². The van der Waals surface area contributed by atoms with Gasteiger partial charge in [-0.3, -0.25) is 0 Å². The largest absolute Gasteiger partial charge is 0.507 e. The van der Waals surface area contributed by atoms with Crippen LogP contribution in [0.5, 0.6) is 34.5 Å². The number of phenols is 2. The Bertz CT molecular complexity index is 763. The second-order valence-corrected chi connectivity index (χ2v) is 5.01. The molecule has 0 heterocycles. The normalized spacial score (nSPS) is 11.1. The van der Waals surface area contributed by atoms with E-state index in [1.807, 2.05) is 0 Å². The number of aromatic hydroxyl groups is 2. The van der Waals surface area contributed by atoms with Gasteiger partial charge in [-0.2, -0.15) is 10.2 Å². The summed E-state index contributed by atoms with van der Waals surface area (Å²) in [6.07, 6.45) is 2.66. The molecule has 0 bridgehead atoms. The van der Waals surface area contributed by atoms with Crippen LogP contribution in [0.3, 0.4) is 0 Å². The SMILES string of the molecule is COc1cc(O)c(/C=N/N=C/c2c(O)cc(OC)cc2OC)c(OC)c1. The van der Waals surface area contributed by atoms with Crippen molar-refractivity contribution < 1.29 is 29.2 Å². The van der Waals surface area contributed by atoms with Crippen LogP contribution in [0.25, 0.3) is 0 Å². The molecule has 8 nitrogen and oxygen atoms in total. The molecule has 0 spiro atoms. The average Bonchev–Trinajstić information content (AvgIpc) is 2.65. The number of hydrogen-bond acceptors (Lipinski definition) is 8. The lowest BCUT2D eigenvalue weighted by Gasteiger charge is -2.09. The Balaban J connectivity index is 2.29. The van der Waals surface area contributed by atoms with Crippen LogP contribution in [0, 0.1) is 0 Å². The van der Waals surface area contributed by atoms with Crippen LogP contribution < -0.4 is 18.9 Å². The van der Waals surface area contributed by atoms with Crippen molar-refractivity contribution in [1.82, 2.24) is 0 Å². The van der Waals surface area contributed by atoms with Crippen molar-refractivity contribution in [3.63, 3.8) is 0 Å². The van der Waals surface area contributed by atoms with Crippen LogP contribution in [0.1, 0.15) is 11.1 Å². The number of hydrogen-bond donors (Lipinski definition) is 2. The summed E-state index contributed by atoms with van der Waals surface area (Å²) in [5.74, 6) is 1.53. The third kappa shape index (κ3) is 4.15. The number of methoxy groups -OCH3 is 4. The summed E-state index contributed by atoms with van der Waals surface area (Å²) in [6.45, 7) is 0. The molecule has 0 aliphatic rings. The molecule has 0 radical (unpaired) electrons. The first kappa shape index (κ1) is 18.9. The zero-order chi connectivity index (χ0) is 19.1. The molecule has 0 amide bonds. The molecule has 8 heteroatoms. The highest BCUT2D eigenvalue weighted by Crippen LogP contribution is 2.33. The maximum atomic E-state index is 10.1. The van der Waals surface area contributed by atoms with Crippen molar-refractivity contribution in [1.29, 1.82) is 0 Å². The molecular weight excluding hydrogens is 340 g/mol. The topological polar surface area (TPSA) is 102 Å². The van der Waals surface area contributed by atoms with Crippen molar-refractivity contribution in [2.75, 3.05) is 28.4 Å². The van der Waals surface area contributed by atoms with Gasteiger partial charge in [0.1, 0.15) is 34.5 Å². The lowest BCUT2D eigenvalue weighted by atomic mass is 10.2. The van der Waals surface area contributed by atoms with Gasteiger partial charge in [0.15, 0.2) is 0 Å². The van der Waals surface area contributed by atoms with E-state index in [0.29, 0.717) is 34.1 Å². The lowest BCUT2D eigenvalue weighted by molar-refractivity contribution is 0.383. The predicted molar refractivity (Wildman–Crippen MR) is 97.6 cm³/mol. The van der Waals surface area contributed by atoms with Crippen molar-refractivity contribution in [3.05, 3.63) is 35.4 Å². The fraction of sp³-hybridized carbons (Fsp3) is 0.222. The molecule has 2 rings (SSSR count). The van der Waals surface area contributed by atoms with Gasteiger partial charge in [0, 0.05) is 24.3 Å². The van der Waals surface area contributed by atoms with E-state index in [9.17, 15) is 10.2 Å². The third-order valence-electron chi connectivity index (χ3n) is 3.54. The van der Waals surface area contributed by atoms with E-state index in [1.165, 1.54) is 53.0 Å². The summed E-state index contributed by atoms with van der Waals surface area (Å²) in [5, 5.41) is 27.9. The zero-order valence-corrected chi connectivity index (χ0v) is 14.9. The molecular formula is C18H20N2O6. The number of nitrogens with zero attached hydrogens (tertiary/aromatic N) is 2. The summed E-state index contributed by atoms with van der Waals surface area (Å²) in [6, 6.07) is 6.10. The fourth-order valence-corrected chi connectivity index (χ4v) is 2.19. The van der Waals surface area contributed by atoms with Crippen LogP contribution in [0.15, 0.2) is 34.5 Å². The number of benzene rings is 2. The molecule has 0 saturated heterocycles. The minimum absolute atomic E-state index is 0.0648. The minimum Gasteiger partial charge on any atom is -0.507 e. The number of ether oxygens (including phenoxy) is 4. The van der Waals surface area contributed by atoms with Gasteiger partial charge in [-0.15, -0.1) is 0 Å². The van der Waals surface area contributed by atoms with Gasteiger partial charge in [0.2, 0.25) is 0 Å². The molecule has 2 aromatic rings. The maximum absolute atomic E-state index is 10.1. The van der Waals surface area contributed by atoms with Crippen LogP contribution in [0.4, 0.5) is 0 Å². The van der Waals surface area contributed by atoms with E-state index in [1.54, 1.807) is 12.1 Å². The lowest BCUT2D eigenvalue weighted by Crippen LogP contribution is -1.94. The van der Waals surface area contributed by atoms with Gasteiger partial charge in [-0.05, 0) is 0 Å². The highest BCUT2D eigenvalue weighted by molar-refractivity contribution is 5.90. The Hall–Kier alpha value is -3.42. The average molecular weight is 360 g/mol. The van der Waals surface area contributed by atoms with Crippen molar-refractivity contribution in [2.24, 2.45) is 10.2 Å². The number of rotatable bonds is 7. The van der Waals surface area contributed by atoms with E-state index in [4.69, 9.17) is 18.9 Å². The second kappa shape index (κ2) is 8.61. The Labute approximate surface area is 150 Å². The molecule has 2 aromatic carbocycles. The summed E-state index contributed by atoms with van der Waals surface area (Å²) in [5.41, 5.74) is 0.688. The first-order chi connectivity index (χ1) is 12.5. The van der Waals surface area contributed by atoms with Gasteiger partial charge in [0.05, 0.1) is 52.0 Å². The van der Waals surface area contributed by atoms with Gasteiger partial charge in [-0.25, -0.2) is 0 Å². The van der Waals surface area contributed by atoms with E-state index in [2.05, 4.69) is 10.2 Å². The quantitative estimate of drug-likeness (QED) is 0.581. The molecule has 0 aliphatic carbocycles. The summed E-state index contributed by atoms with van der Waals surface area (Å²) in [4.78, 5) is 0. The Morgan fingerprint density at radius 2 is 1.04 bits per heavy atom. The van der Waals surface area contributed by atoms with Gasteiger partial charge in [-0.1, -0.05) is 0 Å². The van der Waals surface area contributed by atoms with Gasteiger partial charge in [0.25, 0.3) is 0 Å². The van der Waals surface area contributed by atoms with E-state index in [0.717, 1.165) is 0 Å². The number of phenolic OH excluding ortho intramolecular Hbond substituents is 2. The van der Waals surface area contributed by atoms with E-state index >= 15 is 0 Å². The van der Waals surface area contributed by atoms with Crippen molar-refractivity contribution in [3.8, 4) is 34.5 Å². The molecule has 0 atom stereocenters. The predicted octanol–water partition coefficient (Wildman–Crippen LogP) is 2.59. The van der Waals surface area contributed by atoms with Crippen molar-refractivity contribution >= 4 is 12.4 Å². The molecule has 138 valence electrons. The van der Waals surface area contributed by atoms with Crippen LogP contribution in [-0.2, 0) is 0 Å². The Kier molecular flexibility index (Phi) is 6.26. The van der Waals surface area contributed by atoms with Crippen LogP contribution in [0.2, 0.25) is 0 Å². The van der Waals surface area contributed by atoms with Crippen LogP contribution >= 0.6 is 0 Å². The molecule has 26 heavy (non-hydrogen) atoms. The first-order valence-corrected chi connectivity index (χ1v) is 7.50. The highest BCUT2D eigenvalue weighted by atomic mass is 16.5. The fourth-order valence-electron chi connectivity index (χ4n) is 2.19. The molecule has 0 fully saturated rings. The molecule has 0 unspecified atom stereocenters. The van der Waals surface area contributed by atoms with Gasteiger partial charge >= 0.3 is 0 Å². The van der Waals surface area contributed by atoms with E-state index in [-0.39, 0.29) is 11.5 Å². The van der Waals surface area contributed by atoms with E-state index < -0.39 is 0 Å². The Morgan fingerprint density at radius 1 is 0.654 bits per heavy atom. The highest BCUT2D eigenvalue weighted by Gasteiger charge is 2.11. The summed E-state index contributed by atoms with van der Waals surface area (Å²) >= 11 is 0.